The maximum absolute atomic E-state index is 13.6. The topological polar surface area (TPSA) is 69.7 Å². The largest absolute Gasteiger partial charge is 0.350 e. The molecule has 0 aliphatic carbocycles. The van der Waals surface area contributed by atoms with Gasteiger partial charge in [0.05, 0.1) is 0 Å². The lowest BCUT2D eigenvalue weighted by atomic mass is 10.2. The molecule has 1 aliphatic heterocycles. The van der Waals surface area contributed by atoms with Crippen LogP contribution in [0.2, 0.25) is 0 Å². The molecule has 1 saturated heterocycles. The fourth-order valence-electron chi connectivity index (χ4n) is 2.84. The lowest BCUT2D eigenvalue weighted by Gasteiger charge is -2.19. The highest BCUT2D eigenvalue weighted by Gasteiger charge is 2.44. The van der Waals surface area contributed by atoms with E-state index in [0.717, 1.165) is 4.90 Å². The van der Waals surface area contributed by atoms with Gasteiger partial charge in [0.15, 0.2) is 0 Å². The maximum atomic E-state index is 13.6. The Kier molecular flexibility index (Phi) is 5.16. The standard InChI is InChI=1S/C19H17F2N3O3/c1-12-18(26)23(19(27)24(12)15-8-6-14(20)7-9-15)11-17(25)22-10-13-4-2-3-5-16(13)21/h2-9,12H,10-11H2,1H3,(H,22,25). The SMILES string of the molecule is CC1C(=O)N(CC(=O)NCc2ccccc2F)C(=O)N1c1ccc(F)cc1. The molecule has 1 heterocycles. The number of amides is 4. The maximum Gasteiger partial charge on any atom is 0.332 e. The monoisotopic (exact) mass is 373 g/mol. The van der Waals surface area contributed by atoms with Gasteiger partial charge in [-0.15, -0.1) is 0 Å². The number of hydrogen-bond donors (Lipinski definition) is 1. The molecule has 27 heavy (non-hydrogen) atoms. The minimum atomic E-state index is -0.817. The van der Waals surface area contributed by atoms with E-state index in [1.807, 2.05) is 0 Å². The minimum Gasteiger partial charge on any atom is -0.350 e. The molecular weight excluding hydrogens is 356 g/mol. The molecule has 1 atom stereocenters. The average Bonchev–Trinajstić information content (AvgIpc) is 2.85. The number of urea groups is 1. The summed E-state index contributed by atoms with van der Waals surface area (Å²) in [4.78, 5) is 39.1. The average molecular weight is 373 g/mol. The highest BCUT2D eigenvalue weighted by Crippen LogP contribution is 2.25. The lowest BCUT2D eigenvalue weighted by Crippen LogP contribution is -2.41. The lowest BCUT2D eigenvalue weighted by molar-refractivity contribution is -0.131. The van der Waals surface area contributed by atoms with Crippen molar-refractivity contribution in [1.82, 2.24) is 10.2 Å². The van der Waals surface area contributed by atoms with Gasteiger partial charge in [0.25, 0.3) is 5.91 Å². The van der Waals surface area contributed by atoms with E-state index in [2.05, 4.69) is 5.32 Å². The molecule has 0 radical (unpaired) electrons. The number of halogens is 2. The molecule has 6 nitrogen and oxygen atoms in total. The summed E-state index contributed by atoms with van der Waals surface area (Å²) in [5.74, 6) is -2.05. The van der Waals surface area contributed by atoms with E-state index in [9.17, 15) is 23.2 Å². The van der Waals surface area contributed by atoms with Crippen molar-refractivity contribution in [3.63, 3.8) is 0 Å². The number of rotatable bonds is 5. The normalized spacial score (nSPS) is 16.8. The predicted octanol–water partition coefficient (Wildman–Crippen LogP) is 2.44. The zero-order chi connectivity index (χ0) is 19.6. The number of nitrogens with one attached hydrogen (secondary N) is 1. The highest BCUT2D eigenvalue weighted by molar-refractivity contribution is 6.15. The Morgan fingerprint density at radius 3 is 2.41 bits per heavy atom. The first-order valence-electron chi connectivity index (χ1n) is 8.28. The molecule has 0 aromatic heterocycles. The van der Waals surface area contributed by atoms with Crippen LogP contribution in [0.4, 0.5) is 19.3 Å². The van der Waals surface area contributed by atoms with Gasteiger partial charge in [-0.2, -0.15) is 0 Å². The predicted molar refractivity (Wildman–Crippen MR) is 93.7 cm³/mol. The van der Waals surface area contributed by atoms with Gasteiger partial charge < -0.3 is 5.32 Å². The molecule has 4 amide bonds. The van der Waals surface area contributed by atoms with Gasteiger partial charge in [-0.25, -0.2) is 13.6 Å². The van der Waals surface area contributed by atoms with Crippen molar-refractivity contribution in [2.75, 3.05) is 11.4 Å². The van der Waals surface area contributed by atoms with E-state index in [1.165, 1.54) is 54.3 Å². The third kappa shape index (κ3) is 3.79. The second kappa shape index (κ2) is 7.53. The number of imide groups is 1. The third-order valence-electron chi connectivity index (χ3n) is 4.29. The van der Waals surface area contributed by atoms with Crippen LogP contribution in [-0.2, 0) is 16.1 Å². The van der Waals surface area contributed by atoms with Crippen LogP contribution in [0.5, 0.6) is 0 Å². The van der Waals surface area contributed by atoms with Gasteiger partial charge in [0, 0.05) is 17.8 Å². The van der Waals surface area contributed by atoms with Gasteiger partial charge in [-0.1, -0.05) is 18.2 Å². The number of benzene rings is 2. The Morgan fingerprint density at radius 2 is 1.74 bits per heavy atom. The molecule has 1 unspecified atom stereocenters. The number of hydrogen-bond acceptors (Lipinski definition) is 3. The fraction of sp³-hybridized carbons (Fsp3) is 0.211. The summed E-state index contributed by atoms with van der Waals surface area (Å²) in [6, 6.07) is 9.64. The fourth-order valence-corrected chi connectivity index (χ4v) is 2.84. The molecule has 0 spiro atoms. The van der Waals surface area contributed by atoms with E-state index >= 15 is 0 Å². The van der Waals surface area contributed by atoms with Gasteiger partial charge in [-0.05, 0) is 37.3 Å². The van der Waals surface area contributed by atoms with E-state index in [4.69, 9.17) is 0 Å². The van der Waals surface area contributed by atoms with Crippen LogP contribution in [0.15, 0.2) is 48.5 Å². The Balaban J connectivity index is 1.67. The zero-order valence-corrected chi connectivity index (χ0v) is 14.5. The molecule has 0 bridgehead atoms. The van der Waals surface area contributed by atoms with Crippen LogP contribution in [0, 0.1) is 11.6 Å². The van der Waals surface area contributed by atoms with Crippen molar-refractivity contribution >= 4 is 23.5 Å². The van der Waals surface area contributed by atoms with Crippen LogP contribution >= 0.6 is 0 Å². The summed E-state index contributed by atoms with van der Waals surface area (Å²) in [6.07, 6.45) is 0. The highest BCUT2D eigenvalue weighted by atomic mass is 19.1. The molecule has 140 valence electrons. The van der Waals surface area contributed by atoms with Gasteiger partial charge in [0.1, 0.15) is 24.2 Å². The quantitative estimate of drug-likeness (QED) is 0.819. The van der Waals surface area contributed by atoms with Crippen LogP contribution in [0.1, 0.15) is 12.5 Å². The summed E-state index contributed by atoms with van der Waals surface area (Å²) in [5.41, 5.74) is 0.655. The summed E-state index contributed by atoms with van der Waals surface area (Å²) in [7, 11) is 0. The van der Waals surface area contributed by atoms with Crippen LogP contribution in [0.25, 0.3) is 0 Å². The van der Waals surface area contributed by atoms with Crippen molar-refractivity contribution in [2.24, 2.45) is 0 Å². The van der Waals surface area contributed by atoms with E-state index in [0.29, 0.717) is 11.3 Å². The van der Waals surface area contributed by atoms with Gasteiger partial charge >= 0.3 is 6.03 Å². The molecule has 8 heteroatoms. The van der Waals surface area contributed by atoms with Crippen LogP contribution in [0.3, 0.4) is 0 Å². The van der Waals surface area contributed by atoms with Crippen molar-refractivity contribution in [1.29, 1.82) is 0 Å². The van der Waals surface area contributed by atoms with Crippen molar-refractivity contribution in [3.8, 4) is 0 Å². The summed E-state index contributed by atoms with van der Waals surface area (Å²) in [5, 5.41) is 2.49. The summed E-state index contributed by atoms with van der Waals surface area (Å²) >= 11 is 0. The number of carbonyl (C=O) groups excluding carboxylic acids is 3. The molecular formula is C19H17F2N3O3. The molecule has 1 N–H and O–H groups in total. The van der Waals surface area contributed by atoms with Crippen LogP contribution in [-0.4, -0.2) is 35.3 Å². The Bertz CT molecular complexity index is 886. The molecule has 0 saturated carbocycles. The molecule has 3 rings (SSSR count). The number of nitrogens with zero attached hydrogens (tertiary/aromatic N) is 2. The Hall–Kier alpha value is -3.29. The molecule has 2 aromatic rings. The van der Waals surface area contributed by atoms with E-state index in [-0.39, 0.29) is 6.54 Å². The third-order valence-corrected chi connectivity index (χ3v) is 4.29. The smallest absolute Gasteiger partial charge is 0.332 e. The minimum absolute atomic E-state index is 0.0566. The summed E-state index contributed by atoms with van der Waals surface area (Å²) in [6.45, 7) is 0.994. The van der Waals surface area contributed by atoms with Crippen molar-refractivity contribution in [3.05, 3.63) is 65.7 Å². The van der Waals surface area contributed by atoms with Crippen molar-refractivity contribution in [2.45, 2.75) is 19.5 Å². The second-order valence-corrected chi connectivity index (χ2v) is 6.10. The first kappa shape index (κ1) is 18.5. The molecule has 1 fully saturated rings. The molecule has 1 aliphatic rings. The number of carbonyl (C=O) groups is 3. The first-order chi connectivity index (χ1) is 12.9. The van der Waals surface area contributed by atoms with E-state index in [1.54, 1.807) is 6.07 Å². The Labute approximate surface area is 154 Å². The zero-order valence-electron chi connectivity index (χ0n) is 14.5. The van der Waals surface area contributed by atoms with Crippen molar-refractivity contribution < 1.29 is 23.2 Å². The van der Waals surface area contributed by atoms with Crippen LogP contribution < -0.4 is 10.2 Å². The van der Waals surface area contributed by atoms with Gasteiger partial charge in [0.2, 0.25) is 5.91 Å². The van der Waals surface area contributed by atoms with Gasteiger partial charge in [-0.3, -0.25) is 19.4 Å². The molecule has 2 aromatic carbocycles. The number of anilines is 1. The second-order valence-electron chi connectivity index (χ2n) is 6.10. The first-order valence-corrected chi connectivity index (χ1v) is 8.28. The Morgan fingerprint density at radius 1 is 1.07 bits per heavy atom. The summed E-state index contributed by atoms with van der Waals surface area (Å²) < 4.78 is 26.7. The van der Waals surface area contributed by atoms with E-state index < -0.39 is 42.1 Å².